The van der Waals surface area contributed by atoms with Crippen molar-refractivity contribution in [1.82, 2.24) is 4.98 Å². The van der Waals surface area contributed by atoms with Crippen LogP contribution in [0, 0.1) is 0 Å². The molecule has 0 aliphatic rings. The average Bonchev–Trinajstić information content (AvgIpc) is 2.27. The molecule has 92 valence electrons. The lowest BCUT2D eigenvalue weighted by Crippen LogP contribution is -1.99. The normalized spacial score (nSPS) is 10.4. The van der Waals surface area contributed by atoms with Gasteiger partial charge >= 0.3 is 5.97 Å². The zero-order valence-corrected chi connectivity index (χ0v) is 11.1. The third-order valence-corrected chi connectivity index (χ3v) is 3.00. The molecule has 0 atom stereocenters. The van der Waals surface area contributed by atoms with E-state index < -0.39 is 5.97 Å². The number of benzene rings is 1. The van der Waals surface area contributed by atoms with Crippen molar-refractivity contribution in [3.05, 3.63) is 51.2 Å². The molecule has 0 fully saturated rings. The van der Waals surface area contributed by atoms with E-state index in [-0.39, 0.29) is 10.7 Å². The molecule has 0 aliphatic heterocycles. The number of hydrogen-bond donors (Lipinski definition) is 1. The van der Waals surface area contributed by atoms with E-state index in [2.05, 4.69) is 4.98 Å². The topological polar surface area (TPSA) is 50.2 Å². The summed E-state index contributed by atoms with van der Waals surface area (Å²) in [5.74, 6) is -1.14. The number of halogens is 3. The number of hydrogen-bond acceptors (Lipinski definition) is 2. The maximum atomic E-state index is 11.0. The number of carboxylic acid groups (broad SMARTS) is 1. The molecule has 6 heteroatoms. The molecular formula is C12H6Cl3NO2. The molecule has 0 saturated carbocycles. The molecule has 2 aromatic rings. The summed E-state index contributed by atoms with van der Waals surface area (Å²) in [6, 6.07) is 6.36. The number of aromatic nitrogens is 1. The monoisotopic (exact) mass is 301 g/mol. The number of carboxylic acids is 1. The fourth-order valence-corrected chi connectivity index (χ4v) is 2.19. The summed E-state index contributed by atoms with van der Waals surface area (Å²) >= 11 is 17.5. The molecule has 2 rings (SSSR count). The second-order valence-corrected chi connectivity index (χ2v) is 4.76. The van der Waals surface area contributed by atoms with E-state index in [9.17, 15) is 4.79 Å². The largest absolute Gasteiger partial charge is 0.478 e. The van der Waals surface area contributed by atoms with Gasteiger partial charge in [0.05, 0.1) is 5.56 Å². The third-order valence-electron chi connectivity index (χ3n) is 2.27. The Bertz CT molecular complexity index is 608. The molecule has 1 heterocycles. The first kappa shape index (κ1) is 13.1. The fraction of sp³-hybridized carbons (Fsp3) is 0. The van der Waals surface area contributed by atoms with Crippen molar-refractivity contribution in [3.63, 3.8) is 0 Å². The molecule has 0 spiro atoms. The lowest BCUT2D eigenvalue weighted by atomic mass is 10.1. The van der Waals surface area contributed by atoms with Crippen molar-refractivity contribution in [2.75, 3.05) is 0 Å². The second-order valence-electron chi connectivity index (χ2n) is 3.53. The first-order chi connectivity index (χ1) is 8.47. The highest BCUT2D eigenvalue weighted by Crippen LogP contribution is 2.28. The van der Waals surface area contributed by atoms with E-state index in [1.807, 2.05) is 0 Å². The summed E-state index contributed by atoms with van der Waals surface area (Å²) in [5, 5.41) is 9.84. The zero-order valence-electron chi connectivity index (χ0n) is 8.82. The van der Waals surface area contributed by atoms with Gasteiger partial charge in [0.1, 0.15) is 5.15 Å². The van der Waals surface area contributed by atoms with Crippen molar-refractivity contribution < 1.29 is 9.90 Å². The Morgan fingerprint density at radius 1 is 1.00 bits per heavy atom. The van der Waals surface area contributed by atoms with E-state index >= 15 is 0 Å². The minimum Gasteiger partial charge on any atom is -0.478 e. The number of aromatic carboxylic acids is 1. The van der Waals surface area contributed by atoms with E-state index in [0.717, 1.165) is 0 Å². The van der Waals surface area contributed by atoms with Gasteiger partial charge in [-0.15, -0.1) is 0 Å². The Balaban J connectivity index is 2.57. The minimum atomic E-state index is -1.14. The number of carbonyl (C=O) groups is 1. The predicted octanol–water partition coefficient (Wildman–Crippen LogP) is 4.41. The summed E-state index contributed by atoms with van der Waals surface area (Å²) in [7, 11) is 0. The highest BCUT2D eigenvalue weighted by atomic mass is 35.5. The second kappa shape index (κ2) is 5.14. The van der Waals surface area contributed by atoms with Crippen LogP contribution in [0.2, 0.25) is 15.2 Å². The summed E-state index contributed by atoms with van der Waals surface area (Å²) in [5.41, 5.74) is 1.20. The lowest BCUT2D eigenvalue weighted by molar-refractivity contribution is 0.0696. The van der Waals surface area contributed by atoms with Gasteiger partial charge < -0.3 is 5.11 Å². The molecular weight excluding hydrogens is 296 g/mol. The van der Waals surface area contributed by atoms with Crippen LogP contribution in [0.3, 0.4) is 0 Å². The van der Waals surface area contributed by atoms with E-state index in [0.29, 0.717) is 21.2 Å². The van der Waals surface area contributed by atoms with Crippen LogP contribution in [-0.2, 0) is 0 Å². The summed E-state index contributed by atoms with van der Waals surface area (Å²) in [4.78, 5) is 14.8. The number of rotatable bonds is 2. The van der Waals surface area contributed by atoms with E-state index in [1.165, 1.54) is 12.3 Å². The van der Waals surface area contributed by atoms with Crippen molar-refractivity contribution in [1.29, 1.82) is 0 Å². The fourth-order valence-electron chi connectivity index (χ4n) is 1.48. The van der Waals surface area contributed by atoms with Crippen molar-refractivity contribution in [2.24, 2.45) is 0 Å². The van der Waals surface area contributed by atoms with E-state index in [1.54, 1.807) is 18.2 Å². The Morgan fingerprint density at radius 2 is 1.61 bits per heavy atom. The van der Waals surface area contributed by atoms with Crippen LogP contribution >= 0.6 is 34.8 Å². The van der Waals surface area contributed by atoms with Gasteiger partial charge in [-0.05, 0) is 29.8 Å². The third kappa shape index (κ3) is 2.75. The first-order valence-corrected chi connectivity index (χ1v) is 5.96. The van der Waals surface area contributed by atoms with Crippen LogP contribution in [0.5, 0.6) is 0 Å². The first-order valence-electron chi connectivity index (χ1n) is 4.82. The van der Waals surface area contributed by atoms with Crippen LogP contribution in [0.1, 0.15) is 10.4 Å². The van der Waals surface area contributed by atoms with Crippen LogP contribution in [-0.4, -0.2) is 16.1 Å². The SMILES string of the molecule is O=C(O)c1cc(-c2cc(Cl)cc(Cl)c2)cnc1Cl. The van der Waals surface area contributed by atoms with Crippen LogP contribution in [0.4, 0.5) is 0 Å². The summed E-state index contributed by atoms with van der Waals surface area (Å²) in [6.45, 7) is 0. The zero-order chi connectivity index (χ0) is 13.3. The van der Waals surface area contributed by atoms with Gasteiger partial charge in [-0.2, -0.15) is 0 Å². The molecule has 0 bridgehead atoms. The average molecular weight is 303 g/mol. The molecule has 18 heavy (non-hydrogen) atoms. The summed E-state index contributed by atoms with van der Waals surface area (Å²) < 4.78 is 0. The number of pyridine rings is 1. The maximum absolute atomic E-state index is 11.0. The quantitative estimate of drug-likeness (QED) is 0.836. The lowest BCUT2D eigenvalue weighted by Gasteiger charge is -2.05. The standard InChI is InChI=1S/C12H6Cl3NO2/c13-8-1-6(2-9(14)4-8)7-3-10(12(17)18)11(15)16-5-7/h1-5H,(H,17,18). The van der Waals surface area contributed by atoms with Gasteiger partial charge in [0.15, 0.2) is 0 Å². The van der Waals surface area contributed by atoms with Crippen LogP contribution < -0.4 is 0 Å². The van der Waals surface area contributed by atoms with Gasteiger partial charge in [-0.3, -0.25) is 0 Å². The highest BCUT2D eigenvalue weighted by Gasteiger charge is 2.12. The van der Waals surface area contributed by atoms with Crippen molar-refractivity contribution >= 4 is 40.8 Å². The Morgan fingerprint density at radius 3 is 2.17 bits per heavy atom. The molecule has 0 unspecified atom stereocenters. The van der Waals surface area contributed by atoms with Gasteiger partial charge in [0.2, 0.25) is 0 Å². The van der Waals surface area contributed by atoms with Crippen LogP contribution in [0.15, 0.2) is 30.5 Å². The van der Waals surface area contributed by atoms with Gasteiger partial charge in [-0.1, -0.05) is 34.8 Å². The molecule has 1 aromatic carbocycles. The molecule has 1 aromatic heterocycles. The molecule has 0 radical (unpaired) electrons. The molecule has 0 amide bonds. The van der Waals surface area contributed by atoms with Gasteiger partial charge in [0.25, 0.3) is 0 Å². The smallest absolute Gasteiger partial charge is 0.338 e. The Labute approximate surface area is 118 Å². The van der Waals surface area contributed by atoms with Crippen molar-refractivity contribution in [2.45, 2.75) is 0 Å². The van der Waals surface area contributed by atoms with E-state index in [4.69, 9.17) is 39.9 Å². The van der Waals surface area contributed by atoms with Gasteiger partial charge in [0, 0.05) is 21.8 Å². The molecule has 0 saturated heterocycles. The minimum absolute atomic E-state index is 0.0561. The molecule has 3 nitrogen and oxygen atoms in total. The maximum Gasteiger partial charge on any atom is 0.338 e. The summed E-state index contributed by atoms with van der Waals surface area (Å²) in [6.07, 6.45) is 1.47. The Kier molecular flexibility index (Phi) is 3.76. The molecule has 1 N–H and O–H groups in total. The highest BCUT2D eigenvalue weighted by molar-refractivity contribution is 6.35. The van der Waals surface area contributed by atoms with Crippen LogP contribution in [0.25, 0.3) is 11.1 Å². The molecule has 0 aliphatic carbocycles. The van der Waals surface area contributed by atoms with Gasteiger partial charge in [-0.25, -0.2) is 9.78 Å². The Hall–Kier alpha value is -1.29. The van der Waals surface area contributed by atoms with Crippen molar-refractivity contribution in [3.8, 4) is 11.1 Å². The predicted molar refractivity (Wildman–Crippen MR) is 71.7 cm³/mol. The number of nitrogens with zero attached hydrogens (tertiary/aromatic N) is 1.